The molecule has 0 fully saturated rings. The molecular formula is C16H18N4O3S2. The van der Waals surface area contributed by atoms with E-state index in [2.05, 4.69) is 10.1 Å². The Kier molecular flexibility index (Phi) is 4.38. The van der Waals surface area contributed by atoms with E-state index >= 15 is 0 Å². The van der Waals surface area contributed by atoms with Crippen molar-refractivity contribution < 1.29 is 12.6 Å². The van der Waals surface area contributed by atoms with Gasteiger partial charge in [0, 0.05) is 18.9 Å². The van der Waals surface area contributed by atoms with E-state index in [-0.39, 0.29) is 5.16 Å². The number of anilines is 1. The van der Waals surface area contributed by atoms with E-state index in [0.29, 0.717) is 16.9 Å². The fraction of sp³-hybridized carbons (Fsp3) is 0.250. The molecule has 0 aliphatic carbocycles. The van der Waals surface area contributed by atoms with Gasteiger partial charge in [0.2, 0.25) is 15.2 Å². The van der Waals surface area contributed by atoms with E-state index in [0.717, 1.165) is 17.3 Å². The lowest BCUT2D eigenvalue weighted by Gasteiger charge is -2.21. The lowest BCUT2D eigenvalue weighted by molar-refractivity contribution is 0.600. The molecule has 25 heavy (non-hydrogen) atoms. The topological polar surface area (TPSA) is 84.6 Å². The number of sulfonamides is 1. The summed E-state index contributed by atoms with van der Waals surface area (Å²) in [7, 11) is -3.21. The highest BCUT2D eigenvalue weighted by atomic mass is 32.2. The quantitative estimate of drug-likeness (QED) is 0.692. The van der Waals surface area contributed by atoms with E-state index in [1.165, 1.54) is 17.6 Å². The van der Waals surface area contributed by atoms with Crippen molar-refractivity contribution >= 4 is 32.0 Å². The van der Waals surface area contributed by atoms with Crippen LogP contribution in [0.3, 0.4) is 0 Å². The smallest absolute Gasteiger partial charge is 0.237 e. The molecule has 0 radical (unpaired) electrons. The zero-order valence-electron chi connectivity index (χ0n) is 14.3. The minimum Gasteiger partial charge on any atom is -0.273 e. The molecule has 1 atom stereocenters. The van der Waals surface area contributed by atoms with Gasteiger partial charge >= 0.3 is 0 Å². The Morgan fingerprint density at radius 3 is 2.56 bits per heavy atom. The first-order valence-corrected chi connectivity index (χ1v) is 10.8. The highest BCUT2D eigenvalue weighted by Crippen LogP contribution is 2.33. The average Bonchev–Trinajstić information content (AvgIpc) is 2.96. The van der Waals surface area contributed by atoms with Gasteiger partial charge in [0.15, 0.2) is 0 Å². The van der Waals surface area contributed by atoms with Crippen LogP contribution in [0, 0.1) is 6.92 Å². The Morgan fingerprint density at radius 2 is 1.92 bits per heavy atom. The second kappa shape index (κ2) is 6.23. The van der Waals surface area contributed by atoms with E-state index in [9.17, 15) is 12.6 Å². The Labute approximate surface area is 148 Å². The summed E-state index contributed by atoms with van der Waals surface area (Å²) in [6.45, 7) is 1.90. The molecule has 7 nitrogen and oxygen atoms in total. The summed E-state index contributed by atoms with van der Waals surface area (Å²) in [6.07, 6.45) is 4.27. The van der Waals surface area contributed by atoms with Crippen LogP contribution >= 0.6 is 0 Å². The van der Waals surface area contributed by atoms with Gasteiger partial charge in [-0.15, -0.1) is 5.10 Å². The van der Waals surface area contributed by atoms with Crippen molar-refractivity contribution in [2.45, 2.75) is 12.1 Å². The number of fused-ring (bicyclic) bond motifs is 1. The molecule has 132 valence electrons. The number of rotatable bonds is 4. The van der Waals surface area contributed by atoms with E-state index in [1.54, 1.807) is 10.7 Å². The number of hydrogen-bond donors (Lipinski definition) is 0. The molecule has 9 heteroatoms. The molecule has 0 saturated carbocycles. The number of benzene rings is 1. The molecule has 2 aromatic heterocycles. The summed E-state index contributed by atoms with van der Waals surface area (Å²) in [6, 6.07) is 9.27. The second-order valence-corrected chi connectivity index (χ2v) is 9.09. The van der Waals surface area contributed by atoms with Crippen LogP contribution in [0.15, 0.2) is 41.7 Å². The van der Waals surface area contributed by atoms with Crippen LogP contribution in [0.1, 0.15) is 5.56 Å². The number of hydrogen-bond acceptors (Lipinski definition) is 5. The van der Waals surface area contributed by atoms with Gasteiger partial charge in [-0.25, -0.2) is 17.9 Å². The van der Waals surface area contributed by atoms with Crippen molar-refractivity contribution in [3.63, 3.8) is 0 Å². The maximum atomic E-state index is 12.0. The van der Waals surface area contributed by atoms with Crippen LogP contribution in [0.5, 0.6) is 0 Å². The minimum atomic E-state index is -3.42. The molecule has 3 aromatic rings. The third kappa shape index (κ3) is 3.29. The summed E-state index contributed by atoms with van der Waals surface area (Å²) >= 11 is 0. The fourth-order valence-electron chi connectivity index (χ4n) is 2.52. The molecule has 0 bridgehead atoms. The Bertz CT molecular complexity index is 1090. The summed E-state index contributed by atoms with van der Waals surface area (Å²) in [5.41, 5.74) is 3.65. The largest absolute Gasteiger partial charge is 0.273 e. The molecule has 0 aliphatic heterocycles. The van der Waals surface area contributed by atoms with Crippen LogP contribution in [0.2, 0.25) is 0 Å². The van der Waals surface area contributed by atoms with E-state index < -0.39 is 20.8 Å². The minimum absolute atomic E-state index is 0.218. The molecule has 0 aliphatic rings. The van der Waals surface area contributed by atoms with Crippen LogP contribution in [-0.2, 0) is 20.8 Å². The standard InChI is InChI=1S/C16H18N4O3S2/c1-11-5-7-13(15(9-11)19(2)25(4,22)23)14-8-6-12-10-17-16(24(3)21)18-20(12)14/h5-10H,1-4H3. The van der Waals surface area contributed by atoms with Gasteiger partial charge in [0.25, 0.3) is 0 Å². The third-order valence-corrected chi connectivity index (χ3v) is 5.79. The molecule has 1 aromatic carbocycles. The number of aryl methyl sites for hydroxylation is 1. The monoisotopic (exact) mass is 378 g/mol. The molecule has 0 N–H and O–H groups in total. The fourth-order valence-corrected chi connectivity index (χ4v) is 3.43. The first-order valence-electron chi connectivity index (χ1n) is 7.41. The summed E-state index contributed by atoms with van der Waals surface area (Å²) < 4.78 is 38.6. The second-order valence-electron chi connectivity index (χ2n) is 5.80. The Balaban J connectivity index is 2.28. The maximum absolute atomic E-state index is 12.0. The van der Waals surface area contributed by atoms with Gasteiger partial charge in [-0.3, -0.25) is 8.51 Å². The normalized spacial score (nSPS) is 13.1. The predicted octanol–water partition coefficient (Wildman–Crippen LogP) is 1.84. The van der Waals surface area contributed by atoms with E-state index in [1.807, 2.05) is 37.3 Å². The average molecular weight is 378 g/mol. The highest BCUT2D eigenvalue weighted by molar-refractivity contribution is 7.92. The zero-order chi connectivity index (χ0) is 18.4. The van der Waals surface area contributed by atoms with Crippen LogP contribution in [-0.4, -0.2) is 46.8 Å². The number of aromatic nitrogens is 3. The summed E-state index contributed by atoms with van der Waals surface area (Å²) in [4.78, 5) is 4.09. The van der Waals surface area contributed by atoms with Gasteiger partial charge in [0.1, 0.15) is 0 Å². The van der Waals surface area contributed by atoms with Gasteiger partial charge < -0.3 is 0 Å². The molecule has 0 saturated heterocycles. The Hall–Kier alpha value is -2.26. The summed E-state index contributed by atoms with van der Waals surface area (Å²) in [5, 5.41) is 4.55. The third-order valence-electron chi connectivity index (χ3n) is 3.90. The predicted molar refractivity (Wildman–Crippen MR) is 98.7 cm³/mol. The Morgan fingerprint density at radius 1 is 1.20 bits per heavy atom. The molecule has 3 rings (SSSR count). The van der Waals surface area contributed by atoms with Crippen molar-refractivity contribution in [2.24, 2.45) is 0 Å². The van der Waals surface area contributed by atoms with Gasteiger partial charge in [-0.2, -0.15) is 0 Å². The molecule has 0 spiro atoms. The van der Waals surface area contributed by atoms with Crippen LogP contribution in [0.4, 0.5) is 5.69 Å². The van der Waals surface area contributed by atoms with Crippen molar-refractivity contribution in [3.8, 4) is 11.3 Å². The first kappa shape index (κ1) is 17.6. The molecule has 0 amide bonds. The van der Waals surface area contributed by atoms with Crippen LogP contribution in [0.25, 0.3) is 16.8 Å². The highest BCUT2D eigenvalue weighted by Gasteiger charge is 2.19. The maximum Gasteiger partial charge on any atom is 0.237 e. The molecule has 1 unspecified atom stereocenters. The summed E-state index contributed by atoms with van der Waals surface area (Å²) in [5.74, 6) is 0. The van der Waals surface area contributed by atoms with Crippen LogP contribution < -0.4 is 4.31 Å². The van der Waals surface area contributed by atoms with Crippen molar-refractivity contribution in [2.75, 3.05) is 23.9 Å². The van der Waals surface area contributed by atoms with Crippen molar-refractivity contribution in [3.05, 3.63) is 42.1 Å². The van der Waals surface area contributed by atoms with E-state index in [4.69, 9.17) is 0 Å². The first-order chi connectivity index (χ1) is 11.7. The molecule has 2 heterocycles. The zero-order valence-corrected chi connectivity index (χ0v) is 15.9. The van der Waals surface area contributed by atoms with Gasteiger partial charge in [0.05, 0.1) is 40.2 Å². The molecular weight excluding hydrogens is 360 g/mol. The van der Waals surface area contributed by atoms with Crippen molar-refractivity contribution in [1.29, 1.82) is 0 Å². The number of nitrogens with zero attached hydrogens (tertiary/aromatic N) is 4. The SMILES string of the molecule is Cc1ccc(-c2ccc3cnc(S(C)=O)nn23)c(N(C)S(C)(=O)=O)c1. The van der Waals surface area contributed by atoms with Gasteiger partial charge in [-0.05, 0) is 30.7 Å². The lowest BCUT2D eigenvalue weighted by atomic mass is 10.1. The lowest BCUT2D eigenvalue weighted by Crippen LogP contribution is -2.25. The van der Waals surface area contributed by atoms with Gasteiger partial charge in [-0.1, -0.05) is 12.1 Å². The van der Waals surface area contributed by atoms with Crippen molar-refractivity contribution in [1.82, 2.24) is 14.6 Å².